The van der Waals surface area contributed by atoms with E-state index in [4.69, 9.17) is 0 Å². The lowest BCUT2D eigenvalue weighted by atomic mass is 10.2. The van der Waals surface area contributed by atoms with E-state index in [9.17, 15) is 4.79 Å². The molecule has 0 aliphatic heterocycles. The lowest BCUT2D eigenvalue weighted by Gasteiger charge is -2.16. The van der Waals surface area contributed by atoms with Crippen molar-refractivity contribution in [3.8, 4) is 0 Å². The fraction of sp³-hybridized carbons (Fsp3) is 0.625. The minimum atomic E-state index is -0.0506. The molecule has 0 unspecified atom stereocenters. The molecule has 0 atom stereocenters. The Morgan fingerprint density at radius 2 is 2.19 bits per heavy atom. The molecule has 1 aromatic rings. The van der Waals surface area contributed by atoms with Crippen molar-refractivity contribution in [2.24, 2.45) is 0 Å². The van der Waals surface area contributed by atoms with E-state index in [0.29, 0.717) is 12.1 Å². The van der Waals surface area contributed by atoms with Gasteiger partial charge in [-0.25, -0.2) is 0 Å². The summed E-state index contributed by atoms with van der Waals surface area (Å²) >= 11 is 0. The van der Waals surface area contributed by atoms with Crippen molar-refractivity contribution in [3.63, 3.8) is 0 Å². The van der Waals surface area contributed by atoms with E-state index in [0.717, 1.165) is 36.9 Å². The molecule has 5 heteroatoms. The number of hydrogen-bond acceptors (Lipinski definition) is 4. The summed E-state index contributed by atoms with van der Waals surface area (Å²) in [4.78, 5) is 18.8. The van der Waals surface area contributed by atoms with Crippen LogP contribution in [0.4, 0.5) is 5.69 Å². The number of anilines is 1. The minimum absolute atomic E-state index is 0.0506. The molecule has 0 radical (unpaired) electrons. The third-order valence-electron chi connectivity index (χ3n) is 3.77. The second-order valence-electron chi connectivity index (χ2n) is 5.77. The van der Waals surface area contributed by atoms with Crippen LogP contribution in [-0.4, -0.2) is 48.5 Å². The minimum Gasteiger partial charge on any atom is -0.384 e. The highest BCUT2D eigenvalue weighted by molar-refractivity contribution is 5.99. The van der Waals surface area contributed by atoms with E-state index < -0.39 is 0 Å². The molecule has 1 aromatic heterocycles. The maximum absolute atomic E-state index is 12.3. The molecule has 1 amide bonds. The van der Waals surface area contributed by atoms with Gasteiger partial charge in [0.1, 0.15) is 0 Å². The molecule has 116 valence electrons. The van der Waals surface area contributed by atoms with Crippen LogP contribution in [0.1, 0.15) is 42.2 Å². The van der Waals surface area contributed by atoms with E-state index in [-0.39, 0.29) is 5.91 Å². The van der Waals surface area contributed by atoms with E-state index in [2.05, 4.69) is 34.5 Å². The summed E-state index contributed by atoms with van der Waals surface area (Å²) < 4.78 is 0. The summed E-state index contributed by atoms with van der Waals surface area (Å²) in [7, 11) is 2.12. The Bertz CT molecular complexity index is 485. The molecule has 1 heterocycles. The Balaban J connectivity index is 1.90. The van der Waals surface area contributed by atoms with Gasteiger partial charge in [0.2, 0.25) is 0 Å². The van der Waals surface area contributed by atoms with Gasteiger partial charge in [-0.1, -0.05) is 6.92 Å². The standard InChI is InChI=1S/C16H26N4O/c1-4-7-17-15-10-12(2)19-11-14(15)16(21)18-8-9-20(3)13-5-6-13/h10-11,13H,4-9H2,1-3H3,(H,17,19)(H,18,21). The summed E-state index contributed by atoms with van der Waals surface area (Å²) in [6.45, 7) is 6.46. The first-order valence-corrected chi connectivity index (χ1v) is 7.80. The predicted molar refractivity (Wildman–Crippen MR) is 85.7 cm³/mol. The van der Waals surface area contributed by atoms with Gasteiger partial charge in [-0.2, -0.15) is 0 Å². The number of nitrogens with one attached hydrogen (secondary N) is 2. The monoisotopic (exact) mass is 290 g/mol. The fourth-order valence-corrected chi connectivity index (χ4v) is 2.29. The highest BCUT2D eigenvalue weighted by Crippen LogP contribution is 2.24. The highest BCUT2D eigenvalue weighted by Gasteiger charge is 2.25. The van der Waals surface area contributed by atoms with Crippen LogP contribution >= 0.6 is 0 Å². The summed E-state index contributed by atoms with van der Waals surface area (Å²) in [5, 5.41) is 6.29. The van der Waals surface area contributed by atoms with Crippen molar-refractivity contribution in [1.29, 1.82) is 0 Å². The van der Waals surface area contributed by atoms with Crippen LogP contribution < -0.4 is 10.6 Å². The zero-order valence-electron chi connectivity index (χ0n) is 13.3. The van der Waals surface area contributed by atoms with Crippen molar-refractivity contribution in [2.45, 2.75) is 39.2 Å². The molecule has 0 bridgehead atoms. The number of likely N-dealkylation sites (N-methyl/N-ethyl adjacent to an activating group) is 1. The first-order chi connectivity index (χ1) is 10.1. The number of amides is 1. The SMILES string of the molecule is CCCNc1cc(C)ncc1C(=O)NCCN(C)C1CC1. The van der Waals surface area contributed by atoms with Gasteiger partial charge in [0, 0.05) is 37.6 Å². The zero-order chi connectivity index (χ0) is 15.2. The van der Waals surface area contributed by atoms with Crippen molar-refractivity contribution >= 4 is 11.6 Å². The van der Waals surface area contributed by atoms with E-state index in [1.165, 1.54) is 12.8 Å². The summed E-state index contributed by atoms with van der Waals surface area (Å²) in [6.07, 6.45) is 5.26. The number of aryl methyl sites for hydroxylation is 1. The van der Waals surface area contributed by atoms with Gasteiger partial charge in [0.15, 0.2) is 0 Å². The molecule has 1 saturated carbocycles. The summed E-state index contributed by atoms with van der Waals surface area (Å²) in [6, 6.07) is 2.66. The molecule has 2 N–H and O–H groups in total. The number of nitrogens with zero attached hydrogens (tertiary/aromatic N) is 2. The maximum Gasteiger partial charge on any atom is 0.254 e. The Morgan fingerprint density at radius 3 is 2.86 bits per heavy atom. The first kappa shape index (κ1) is 15.8. The molecule has 0 aromatic carbocycles. The van der Waals surface area contributed by atoms with Crippen molar-refractivity contribution in [2.75, 3.05) is 32.0 Å². The van der Waals surface area contributed by atoms with Crippen LogP contribution in [0.25, 0.3) is 0 Å². The topological polar surface area (TPSA) is 57.3 Å². The molecule has 0 spiro atoms. The number of carbonyl (C=O) groups excluding carboxylic acids is 1. The van der Waals surface area contributed by atoms with Crippen LogP contribution in [0, 0.1) is 6.92 Å². The first-order valence-electron chi connectivity index (χ1n) is 7.80. The fourth-order valence-electron chi connectivity index (χ4n) is 2.29. The van der Waals surface area contributed by atoms with Gasteiger partial charge in [-0.3, -0.25) is 9.78 Å². The third-order valence-corrected chi connectivity index (χ3v) is 3.77. The van der Waals surface area contributed by atoms with Crippen molar-refractivity contribution < 1.29 is 4.79 Å². The number of rotatable bonds is 8. The number of hydrogen-bond donors (Lipinski definition) is 2. The molecule has 1 aliphatic carbocycles. The van der Waals surface area contributed by atoms with Gasteiger partial charge in [0.05, 0.1) is 11.3 Å². The lowest BCUT2D eigenvalue weighted by molar-refractivity contribution is 0.0950. The van der Waals surface area contributed by atoms with Gasteiger partial charge < -0.3 is 15.5 Å². The Morgan fingerprint density at radius 1 is 1.43 bits per heavy atom. The van der Waals surface area contributed by atoms with Crippen LogP contribution in [0.2, 0.25) is 0 Å². The Hall–Kier alpha value is -1.62. The van der Waals surface area contributed by atoms with Gasteiger partial charge in [-0.05, 0) is 39.3 Å². The summed E-state index contributed by atoms with van der Waals surface area (Å²) in [5.74, 6) is -0.0506. The molecular formula is C16H26N4O. The molecule has 2 rings (SSSR count). The van der Waals surface area contributed by atoms with Gasteiger partial charge >= 0.3 is 0 Å². The van der Waals surface area contributed by atoms with Crippen LogP contribution in [0.15, 0.2) is 12.3 Å². The van der Waals surface area contributed by atoms with Crippen molar-refractivity contribution in [1.82, 2.24) is 15.2 Å². The molecule has 1 aliphatic rings. The average Bonchev–Trinajstić information content (AvgIpc) is 3.29. The maximum atomic E-state index is 12.3. The summed E-state index contributed by atoms with van der Waals surface area (Å²) in [5.41, 5.74) is 2.42. The smallest absolute Gasteiger partial charge is 0.254 e. The average molecular weight is 290 g/mol. The van der Waals surface area contributed by atoms with E-state index in [1.807, 2.05) is 13.0 Å². The number of carbonyl (C=O) groups is 1. The van der Waals surface area contributed by atoms with Crippen LogP contribution in [0.3, 0.4) is 0 Å². The molecule has 0 saturated heterocycles. The van der Waals surface area contributed by atoms with Crippen LogP contribution in [-0.2, 0) is 0 Å². The normalized spacial score (nSPS) is 14.3. The highest BCUT2D eigenvalue weighted by atomic mass is 16.1. The quantitative estimate of drug-likeness (QED) is 0.769. The van der Waals surface area contributed by atoms with E-state index in [1.54, 1.807) is 6.20 Å². The molecule has 5 nitrogen and oxygen atoms in total. The predicted octanol–water partition coefficient (Wildman–Crippen LogP) is 2.04. The molecular weight excluding hydrogens is 264 g/mol. The largest absolute Gasteiger partial charge is 0.384 e. The molecule has 1 fully saturated rings. The number of pyridine rings is 1. The van der Waals surface area contributed by atoms with Crippen LogP contribution in [0.5, 0.6) is 0 Å². The lowest BCUT2D eigenvalue weighted by Crippen LogP contribution is -2.34. The van der Waals surface area contributed by atoms with Crippen molar-refractivity contribution in [3.05, 3.63) is 23.5 Å². The Labute approximate surface area is 127 Å². The third kappa shape index (κ3) is 4.70. The Kier molecular flexibility index (Phi) is 5.56. The second kappa shape index (κ2) is 7.41. The van der Waals surface area contributed by atoms with E-state index >= 15 is 0 Å². The van der Waals surface area contributed by atoms with Gasteiger partial charge in [-0.15, -0.1) is 0 Å². The molecule has 21 heavy (non-hydrogen) atoms. The number of aromatic nitrogens is 1. The second-order valence-corrected chi connectivity index (χ2v) is 5.77. The van der Waals surface area contributed by atoms with Gasteiger partial charge in [0.25, 0.3) is 5.91 Å². The zero-order valence-corrected chi connectivity index (χ0v) is 13.3.